The van der Waals surface area contributed by atoms with Crippen molar-refractivity contribution in [3.8, 4) is 0 Å². The van der Waals surface area contributed by atoms with Crippen LogP contribution in [-0.2, 0) is 14.8 Å². The number of fused-ring (bicyclic) bond motifs is 1. The smallest absolute Gasteiger partial charge is 0.275 e. The van der Waals surface area contributed by atoms with E-state index >= 15 is 0 Å². The second-order valence-electron chi connectivity index (χ2n) is 6.24. The minimum atomic E-state index is -3.64. The average Bonchev–Trinajstić information content (AvgIpc) is 2.74. The molecular formula is C19H18N4O4S. The zero-order valence-corrected chi connectivity index (χ0v) is 15.7. The highest BCUT2D eigenvalue weighted by molar-refractivity contribution is 7.89. The highest BCUT2D eigenvalue weighted by Gasteiger charge is 2.26. The topological polar surface area (TPSA) is 101 Å². The summed E-state index contributed by atoms with van der Waals surface area (Å²) in [5.74, 6) is -0.459. The number of benzene rings is 2. The van der Waals surface area contributed by atoms with Gasteiger partial charge in [0.15, 0.2) is 0 Å². The Morgan fingerprint density at radius 1 is 1.04 bits per heavy atom. The molecule has 1 aliphatic heterocycles. The molecule has 1 saturated heterocycles. The van der Waals surface area contributed by atoms with E-state index in [4.69, 9.17) is 4.74 Å². The third-order valence-corrected chi connectivity index (χ3v) is 6.28. The Labute approximate surface area is 162 Å². The molecule has 9 heteroatoms. The molecule has 28 heavy (non-hydrogen) atoms. The Bertz CT molecular complexity index is 1130. The minimum absolute atomic E-state index is 0.122. The zero-order valence-electron chi connectivity index (χ0n) is 14.9. The number of hydrogen-bond donors (Lipinski definition) is 1. The molecule has 0 spiro atoms. The van der Waals surface area contributed by atoms with Gasteiger partial charge in [-0.15, -0.1) is 0 Å². The highest BCUT2D eigenvalue weighted by Crippen LogP contribution is 2.21. The van der Waals surface area contributed by atoms with Gasteiger partial charge in [0.05, 0.1) is 35.3 Å². The summed E-state index contributed by atoms with van der Waals surface area (Å²) in [5, 5.41) is 2.69. The van der Waals surface area contributed by atoms with Gasteiger partial charge in [0.1, 0.15) is 5.69 Å². The van der Waals surface area contributed by atoms with E-state index in [0.717, 1.165) is 0 Å². The quantitative estimate of drug-likeness (QED) is 0.720. The summed E-state index contributed by atoms with van der Waals surface area (Å²) in [6.45, 7) is 1.36. The SMILES string of the molecule is O=C(Nc1cccc(S(=O)(=O)N2CCOCC2)c1)c1cnc2ccccc2n1. The molecule has 0 bridgehead atoms. The monoisotopic (exact) mass is 398 g/mol. The van der Waals surface area contributed by atoms with Crippen LogP contribution in [0.4, 0.5) is 5.69 Å². The van der Waals surface area contributed by atoms with Crippen molar-refractivity contribution in [3.63, 3.8) is 0 Å². The Hall–Kier alpha value is -2.88. The van der Waals surface area contributed by atoms with Gasteiger partial charge in [-0.2, -0.15) is 4.31 Å². The van der Waals surface area contributed by atoms with Gasteiger partial charge in [-0.1, -0.05) is 18.2 Å². The van der Waals surface area contributed by atoms with Gasteiger partial charge in [-0.25, -0.2) is 13.4 Å². The molecule has 0 unspecified atom stereocenters. The van der Waals surface area contributed by atoms with Gasteiger partial charge in [-0.3, -0.25) is 9.78 Å². The van der Waals surface area contributed by atoms with E-state index < -0.39 is 15.9 Å². The third kappa shape index (κ3) is 3.72. The first kappa shape index (κ1) is 18.5. The zero-order chi connectivity index (χ0) is 19.6. The lowest BCUT2D eigenvalue weighted by Crippen LogP contribution is -2.40. The molecule has 4 rings (SSSR count). The van der Waals surface area contributed by atoms with Crippen molar-refractivity contribution >= 4 is 32.7 Å². The van der Waals surface area contributed by atoms with E-state index in [2.05, 4.69) is 15.3 Å². The number of aromatic nitrogens is 2. The number of rotatable bonds is 4. The predicted molar refractivity (Wildman–Crippen MR) is 104 cm³/mol. The first-order chi connectivity index (χ1) is 13.5. The highest BCUT2D eigenvalue weighted by atomic mass is 32.2. The van der Waals surface area contributed by atoms with E-state index in [1.807, 2.05) is 18.2 Å². The minimum Gasteiger partial charge on any atom is -0.379 e. The van der Waals surface area contributed by atoms with Crippen molar-refractivity contribution in [3.05, 3.63) is 60.4 Å². The number of ether oxygens (including phenoxy) is 1. The van der Waals surface area contributed by atoms with Crippen LogP contribution in [0.15, 0.2) is 59.6 Å². The van der Waals surface area contributed by atoms with Crippen molar-refractivity contribution in [2.75, 3.05) is 31.6 Å². The lowest BCUT2D eigenvalue weighted by Gasteiger charge is -2.26. The molecule has 1 amide bonds. The van der Waals surface area contributed by atoms with Gasteiger partial charge in [0, 0.05) is 18.8 Å². The predicted octanol–water partition coefficient (Wildman–Crippen LogP) is 1.90. The van der Waals surface area contributed by atoms with E-state index in [1.165, 1.54) is 22.6 Å². The number of nitrogens with one attached hydrogen (secondary N) is 1. The number of amides is 1. The lowest BCUT2D eigenvalue weighted by molar-refractivity contribution is 0.0730. The summed E-state index contributed by atoms with van der Waals surface area (Å²) in [6.07, 6.45) is 1.39. The van der Waals surface area contributed by atoms with Crippen molar-refractivity contribution in [2.45, 2.75) is 4.90 Å². The molecule has 1 fully saturated rings. The average molecular weight is 398 g/mol. The van der Waals surface area contributed by atoms with Gasteiger partial charge < -0.3 is 10.1 Å². The second-order valence-corrected chi connectivity index (χ2v) is 8.18. The molecule has 3 aromatic rings. The summed E-state index contributed by atoms with van der Waals surface area (Å²) in [7, 11) is -3.64. The molecule has 1 N–H and O–H groups in total. The van der Waals surface area contributed by atoms with Crippen molar-refractivity contribution < 1.29 is 17.9 Å². The summed E-state index contributed by atoms with van der Waals surface area (Å²) >= 11 is 0. The van der Waals surface area contributed by atoms with Crippen LogP contribution in [0.3, 0.4) is 0 Å². The Morgan fingerprint density at radius 3 is 2.57 bits per heavy atom. The first-order valence-electron chi connectivity index (χ1n) is 8.75. The number of morpholine rings is 1. The number of nitrogens with zero attached hydrogens (tertiary/aromatic N) is 3. The molecular weight excluding hydrogens is 380 g/mol. The van der Waals surface area contributed by atoms with Crippen LogP contribution in [0.25, 0.3) is 11.0 Å². The van der Waals surface area contributed by atoms with Gasteiger partial charge in [0.25, 0.3) is 5.91 Å². The van der Waals surface area contributed by atoms with E-state index in [1.54, 1.807) is 18.2 Å². The fourth-order valence-electron chi connectivity index (χ4n) is 2.93. The van der Waals surface area contributed by atoms with Crippen LogP contribution < -0.4 is 5.32 Å². The summed E-state index contributed by atoms with van der Waals surface area (Å²) in [5.41, 5.74) is 1.82. The molecule has 2 heterocycles. The first-order valence-corrected chi connectivity index (χ1v) is 10.2. The van der Waals surface area contributed by atoms with Gasteiger partial charge in [0.2, 0.25) is 10.0 Å². The number of carbonyl (C=O) groups excluding carboxylic acids is 1. The van der Waals surface area contributed by atoms with Crippen LogP contribution in [0, 0.1) is 0 Å². The maximum atomic E-state index is 12.8. The molecule has 1 aliphatic rings. The van der Waals surface area contributed by atoms with E-state index in [0.29, 0.717) is 43.0 Å². The third-order valence-electron chi connectivity index (χ3n) is 4.38. The molecule has 144 valence electrons. The Kier molecular flexibility index (Phi) is 5.03. The fraction of sp³-hybridized carbons (Fsp3) is 0.211. The van der Waals surface area contributed by atoms with E-state index in [-0.39, 0.29) is 10.6 Å². The van der Waals surface area contributed by atoms with Gasteiger partial charge in [-0.05, 0) is 30.3 Å². The molecule has 0 saturated carbocycles. The molecule has 8 nitrogen and oxygen atoms in total. The molecule has 0 aliphatic carbocycles. The standard InChI is InChI=1S/C19H18N4O4S/c24-19(18-13-20-16-6-1-2-7-17(16)22-18)21-14-4-3-5-15(12-14)28(25,26)23-8-10-27-11-9-23/h1-7,12-13H,8-11H2,(H,21,24). The van der Waals surface area contributed by atoms with Crippen molar-refractivity contribution in [2.24, 2.45) is 0 Å². The lowest BCUT2D eigenvalue weighted by atomic mass is 10.3. The normalized spacial score (nSPS) is 15.4. The summed E-state index contributed by atoms with van der Waals surface area (Å²) in [4.78, 5) is 21.2. The number of anilines is 1. The molecule has 1 aromatic heterocycles. The molecule has 0 radical (unpaired) electrons. The summed E-state index contributed by atoms with van der Waals surface area (Å²) in [6, 6.07) is 13.4. The molecule has 2 aromatic carbocycles. The largest absolute Gasteiger partial charge is 0.379 e. The number of hydrogen-bond acceptors (Lipinski definition) is 6. The Morgan fingerprint density at radius 2 is 1.79 bits per heavy atom. The second kappa shape index (κ2) is 7.63. The maximum absolute atomic E-state index is 12.8. The van der Waals surface area contributed by atoms with Crippen LogP contribution in [0.5, 0.6) is 0 Å². The summed E-state index contributed by atoms with van der Waals surface area (Å²) < 4.78 is 32.1. The van der Waals surface area contributed by atoms with Gasteiger partial charge >= 0.3 is 0 Å². The van der Waals surface area contributed by atoms with Crippen molar-refractivity contribution in [1.82, 2.24) is 14.3 Å². The Balaban J connectivity index is 1.56. The van der Waals surface area contributed by atoms with Crippen LogP contribution in [0.2, 0.25) is 0 Å². The van der Waals surface area contributed by atoms with Crippen molar-refractivity contribution in [1.29, 1.82) is 0 Å². The number of carbonyl (C=O) groups is 1. The number of sulfonamides is 1. The van der Waals surface area contributed by atoms with Crippen LogP contribution in [-0.4, -0.2) is 54.9 Å². The van der Waals surface area contributed by atoms with Crippen LogP contribution >= 0.6 is 0 Å². The van der Waals surface area contributed by atoms with E-state index in [9.17, 15) is 13.2 Å². The van der Waals surface area contributed by atoms with Crippen LogP contribution in [0.1, 0.15) is 10.5 Å². The fourth-order valence-corrected chi connectivity index (χ4v) is 4.39. The number of para-hydroxylation sites is 2. The maximum Gasteiger partial charge on any atom is 0.275 e. The molecule has 0 atom stereocenters.